The molecule has 5 nitrogen and oxygen atoms in total. The molecule has 3 aromatic rings. The van der Waals surface area contributed by atoms with E-state index in [0.717, 1.165) is 5.56 Å². The molecule has 0 bridgehead atoms. The Labute approximate surface area is 144 Å². The molecule has 1 aromatic carbocycles. The van der Waals surface area contributed by atoms with Crippen LogP contribution in [0.5, 0.6) is 0 Å². The number of fused-ring (bicyclic) bond motifs is 1. The van der Waals surface area contributed by atoms with Crippen LogP contribution in [0.2, 0.25) is 0 Å². The third kappa shape index (κ3) is 2.83. The first-order valence-corrected chi connectivity index (χ1v) is 8.57. The van der Waals surface area contributed by atoms with Gasteiger partial charge < -0.3 is 14.4 Å². The highest BCUT2D eigenvalue weighted by Crippen LogP contribution is 2.33. The number of carboxylic acids is 1. The molecule has 6 heteroatoms. The fourth-order valence-corrected chi connectivity index (χ4v) is 3.77. The van der Waals surface area contributed by atoms with Crippen LogP contribution in [0.3, 0.4) is 0 Å². The molecular formula is C18H20N2O3S. The molecule has 3 rings (SSSR count). The number of rotatable bonds is 5. The van der Waals surface area contributed by atoms with E-state index in [4.69, 9.17) is 4.74 Å². The van der Waals surface area contributed by atoms with Gasteiger partial charge in [-0.3, -0.25) is 0 Å². The first kappa shape index (κ1) is 16.7. The second-order valence-electron chi connectivity index (χ2n) is 6.08. The third-order valence-electron chi connectivity index (χ3n) is 4.01. The Morgan fingerprint density at radius 3 is 2.79 bits per heavy atom. The van der Waals surface area contributed by atoms with E-state index in [1.165, 1.54) is 34.9 Å². The Hall–Kier alpha value is -2.18. The van der Waals surface area contributed by atoms with Crippen molar-refractivity contribution in [3.63, 3.8) is 0 Å². The van der Waals surface area contributed by atoms with E-state index in [0.29, 0.717) is 16.7 Å². The van der Waals surface area contributed by atoms with Crippen molar-refractivity contribution in [3.05, 3.63) is 40.5 Å². The minimum absolute atomic E-state index is 0.198. The summed E-state index contributed by atoms with van der Waals surface area (Å²) in [6.07, 6.45) is 2.15. The van der Waals surface area contributed by atoms with Gasteiger partial charge in [0.1, 0.15) is 9.88 Å². The van der Waals surface area contributed by atoms with Crippen molar-refractivity contribution < 1.29 is 14.6 Å². The van der Waals surface area contributed by atoms with E-state index in [1.54, 1.807) is 0 Å². The van der Waals surface area contributed by atoms with Gasteiger partial charge in [0.25, 0.3) is 0 Å². The lowest BCUT2D eigenvalue weighted by atomic mass is 10.1. The summed E-state index contributed by atoms with van der Waals surface area (Å²) in [5.74, 6) is -0.964. The summed E-state index contributed by atoms with van der Waals surface area (Å²) in [5.41, 5.74) is 3.79. The number of carboxylic acid groups (broad SMARTS) is 1. The molecule has 0 saturated carbocycles. The molecule has 0 radical (unpaired) electrons. The number of aryl methyl sites for hydroxylation is 1. The van der Waals surface area contributed by atoms with Crippen LogP contribution >= 0.6 is 11.3 Å². The quantitative estimate of drug-likeness (QED) is 0.740. The van der Waals surface area contributed by atoms with Gasteiger partial charge >= 0.3 is 5.97 Å². The van der Waals surface area contributed by atoms with Crippen LogP contribution in [0, 0.1) is 6.92 Å². The van der Waals surface area contributed by atoms with Gasteiger partial charge in [0.2, 0.25) is 0 Å². The van der Waals surface area contributed by atoms with Gasteiger partial charge in [-0.1, -0.05) is 0 Å². The van der Waals surface area contributed by atoms with Crippen LogP contribution in [-0.2, 0) is 11.3 Å². The summed E-state index contributed by atoms with van der Waals surface area (Å²) in [7, 11) is 1.54. The molecule has 0 saturated heterocycles. The van der Waals surface area contributed by atoms with Crippen molar-refractivity contribution in [2.45, 2.75) is 33.4 Å². The highest BCUT2D eigenvalue weighted by atomic mass is 32.1. The van der Waals surface area contributed by atoms with Gasteiger partial charge in [0.15, 0.2) is 0 Å². The van der Waals surface area contributed by atoms with Gasteiger partial charge in [-0.05, 0) is 44.5 Å². The van der Waals surface area contributed by atoms with E-state index in [2.05, 4.69) is 48.7 Å². The van der Waals surface area contributed by atoms with Crippen molar-refractivity contribution in [3.8, 4) is 10.6 Å². The monoisotopic (exact) mass is 344 g/mol. The largest absolute Gasteiger partial charge is 0.477 e. The number of thiazole rings is 1. The number of carbonyl (C=O) groups is 1. The SMILES string of the molecule is COCc1nc(-c2ccc3c(c2)c(C)cn3C(C)C)sc1C(=O)O. The fourth-order valence-electron chi connectivity index (χ4n) is 2.86. The molecule has 1 N–H and O–H groups in total. The maximum Gasteiger partial charge on any atom is 0.347 e. The van der Waals surface area contributed by atoms with Crippen molar-refractivity contribution in [2.24, 2.45) is 0 Å². The lowest BCUT2D eigenvalue weighted by Crippen LogP contribution is -1.99. The first-order chi connectivity index (χ1) is 11.4. The van der Waals surface area contributed by atoms with Crippen LogP contribution in [0.1, 0.15) is 40.8 Å². The summed E-state index contributed by atoms with van der Waals surface area (Å²) in [6.45, 7) is 6.60. The topological polar surface area (TPSA) is 64.4 Å². The molecule has 24 heavy (non-hydrogen) atoms. The van der Waals surface area contributed by atoms with Crippen LogP contribution < -0.4 is 0 Å². The maximum absolute atomic E-state index is 11.4. The summed E-state index contributed by atoms with van der Waals surface area (Å²) >= 11 is 1.19. The Kier molecular flexibility index (Phi) is 4.43. The molecule has 126 valence electrons. The zero-order valence-corrected chi connectivity index (χ0v) is 15.0. The molecule has 0 aliphatic heterocycles. The highest BCUT2D eigenvalue weighted by molar-refractivity contribution is 7.17. The average Bonchev–Trinajstić information content (AvgIpc) is 3.09. The van der Waals surface area contributed by atoms with Crippen molar-refractivity contribution in [1.82, 2.24) is 9.55 Å². The molecule has 0 atom stereocenters. The molecule has 0 spiro atoms. The predicted molar refractivity (Wildman–Crippen MR) is 95.8 cm³/mol. The smallest absolute Gasteiger partial charge is 0.347 e. The summed E-state index contributed by atoms with van der Waals surface area (Å²) in [6, 6.07) is 6.56. The molecule has 2 aromatic heterocycles. The van der Waals surface area contributed by atoms with Crippen molar-refractivity contribution in [1.29, 1.82) is 0 Å². The van der Waals surface area contributed by atoms with E-state index in [-0.39, 0.29) is 11.5 Å². The van der Waals surface area contributed by atoms with Gasteiger partial charge in [-0.2, -0.15) is 0 Å². The van der Waals surface area contributed by atoms with Crippen LogP contribution in [0.15, 0.2) is 24.4 Å². The minimum atomic E-state index is -0.964. The maximum atomic E-state index is 11.4. The molecule has 0 unspecified atom stereocenters. The number of nitrogens with zero attached hydrogens (tertiary/aromatic N) is 2. The fraction of sp³-hybridized carbons (Fsp3) is 0.333. The molecule has 0 aliphatic carbocycles. The van der Waals surface area contributed by atoms with E-state index < -0.39 is 5.97 Å². The number of hydrogen-bond acceptors (Lipinski definition) is 4. The zero-order valence-electron chi connectivity index (χ0n) is 14.2. The lowest BCUT2D eigenvalue weighted by molar-refractivity contribution is 0.0697. The normalized spacial score (nSPS) is 11.5. The summed E-state index contributed by atoms with van der Waals surface area (Å²) in [4.78, 5) is 16.1. The Morgan fingerprint density at radius 1 is 1.42 bits per heavy atom. The number of ether oxygens (including phenoxy) is 1. The third-order valence-corrected chi connectivity index (χ3v) is 5.14. The second kappa shape index (κ2) is 6.37. The number of hydrogen-bond donors (Lipinski definition) is 1. The summed E-state index contributed by atoms with van der Waals surface area (Å²) in [5, 5.41) is 11.2. The van der Waals surface area contributed by atoms with Crippen molar-refractivity contribution in [2.75, 3.05) is 7.11 Å². The van der Waals surface area contributed by atoms with Gasteiger partial charge in [-0.25, -0.2) is 9.78 Å². The number of methoxy groups -OCH3 is 1. The Bertz CT molecular complexity index is 909. The molecule has 0 fully saturated rings. The van der Waals surface area contributed by atoms with Crippen molar-refractivity contribution >= 4 is 28.2 Å². The van der Waals surface area contributed by atoms with Crippen LogP contribution in [-0.4, -0.2) is 27.7 Å². The van der Waals surface area contributed by atoms with Gasteiger partial charge in [0.05, 0.1) is 12.3 Å². The number of aromatic nitrogens is 2. The first-order valence-electron chi connectivity index (χ1n) is 7.76. The summed E-state index contributed by atoms with van der Waals surface area (Å²) < 4.78 is 7.31. The van der Waals surface area contributed by atoms with E-state index >= 15 is 0 Å². The average molecular weight is 344 g/mol. The Balaban J connectivity index is 2.11. The number of benzene rings is 1. The predicted octanol–water partition coefficient (Wildman–Crippen LogP) is 4.50. The minimum Gasteiger partial charge on any atom is -0.477 e. The number of aromatic carboxylic acids is 1. The Morgan fingerprint density at radius 2 is 2.17 bits per heavy atom. The van der Waals surface area contributed by atoms with E-state index in [9.17, 15) is 9.90 Å². The molecular weight excluding hydrogens is 324 g/mol. The lowest BCUT2D eigenvalue weighted by Gasteiger charge is -2.09. The van der Waals surface area contributed by atoms with Gasteiger partial charge in [-0.15, -0.1) is 11.3 Å². The molecule has 0 aliphatic rings. The zero-order chi connectivity index (χ0) is 17.4. The highest BCUT2D eigenvalue weighted by Gasteiger charge is 2.19. The van der Waals surface area contributed by atoms with Gasteiger partial charge in [0, 0.05) is 35.8 Å². The van der Waals surface area contributed by atoms with Crippen LogP contribution in [0.4, 0.5) is 0 Å². The standard InChI is InChI=1S/C18H20N2O3S/c1-10(2)20-8-11(3)13-7-12(5-6-15(13)20)17-19-14(9-23-4)16(24-17)18(21)22/h5-8,10H,9H2,1-4H3,(H,21,22). The molecule has 2 heterocycles. The van der Waals surface area contributed by atoms with Crippen LogP contribution in [0.25, 0.3) is 21.5 Å². The van der Waals surface area contributed by atoms with E-state index in [1.807, 2.05) is 6.07 Å². The second-order valence-corrected chi connectivity index (χ2v) is 7.08. The molecule has 0 amide bonds.